The third kappa shape index (κ3) is 2.80. The lowest BCUT2D eigenvalue weighted by Gasteiger charge is -2.12. The van der Waals surface area contributed by atoms with Crippen molar-refractivity contribution < 1.29 is 4.74 Å². The van der Waals surface area contributed by atoms with E-state index >= 15 is 0 Å². The SMILES string of the molecule is CC1CCCS/C=C\O1. The molecule has 0 fully saturated rings. The average Bonchev–Trinajstić information content (AvgIpc) is 1.79. The first-order valence-electron chi connectivity index (χ1n) is 3.31. The van der Waals surface area contributed by atoms with Gasteiger partial charge < -0.3 is 4.74 Å². The van der Waals surface area contributed by atoms with Crippen LogP contribution in [-0.4, -0.2) is 11.9 Å². The largest absolute Gasteiger partial charge is 0.498 e. The lowest BCUT2D eigenvalue weighted by molar-refractivity contribution is 0.152. The monoisotopic (exact) mass is 144 g/mol. The summed E-state index contributed by atoms with van der Waals surface area (Å²) in [6.07, 6.45) is 4.68. The van der Waals surface area contributed by atoms with E-state index in [0.717, 1.165) is 0 Å². The highest BCUT2D eigenvalue weighted by Gasteiger charge is 2.01. The topological polar surface area (TPSA) is 9.23 Å². The highest BCUT2D eigenvalue weighted by Crippen LogP contribution is 2.13. The van der Waals surface area contributed by atoms with Gasteiger partial charge in [0, 0.05) is 5.41 Å². The minimum Gasteiger partial charge on any atom is -0.498 e. The van der Waals surface area contributed by atoms with Crippen molar-refractivity contribution in [3.8, 4) is 0 Å². The van der Waals surface area contributed by atoms with Crippen LogP contribution in [0.1, 0.15) is 19.8 Å². The summed E-state index contributed by atoms with van der Waals surface area (Å²) in [5.74, 6) is 1.24. The second-order valence-electron chi connectivity index (χ2n) is 2.23. The minimum absolute atomic E-state index is 0.419. The zero-order chi connectivity index (χ0) is 6.53. The molecule has 1 unspecified atom stereocenters. The highest BCUT2D eigenvalue weighted by atomic mass is 32.2. The number of ether oxygens (including phenoxy) is 1. The molecule has 0 aromatic heterocycles. The van der Waals surface area contributed by atoms with Gasteiger partial charge in [-0.2, -0.15) is 0 Å². The van der Waals surface area contributed by atoms with E-state index in [1.807, 2.05) is 17.2 Å². The molecule has 0 aromatic carbocycles. The van der Waals surface area contributed by atoms with E-state index in [4.69, 9.17) is 4.74 Å². The first-order valence-corrected chi connectivity index (χ1v) is 4.36. The van der Waals surface area contributed by atoms with Gasteiger partial charge in [0.1, 0.15) is 0 Å². The lowest BCUT2D eigenvalue weighted by Crippen LogP contribution is -2.05. The predicted molar refractivity (Wildman–Crippen MR) is 41.4 cm³/mol. The fourth-order valence-electron chi connectivity index (χ4n) is 0.796. The summed E-state index contributed by atoms with van der Waals surface area (Å²) in [6.45, 7) is 2.11. The molecule has 1 atom stereocenters. The molecule has 0 spiro atoms. The smallest absolute Gasteiger partial charge is 0.0951 e. The van der Waals surface area contributed by atoms with E-state index in [0.29, 0.717) is 6.10 Å². The van der Waals surface area contributed by atoms with Gasteiger partial charge in [-0.3, -0.25) is 0 Å². The third-order valence-corrected chi connectivity index (χ3v) is 2.16. The number of thioether (sulfide) groups is 1. The molecule has 0 amide bonds. The third-order valence-electron chi connectivity index (χ3n) is 1.34. The van der Waals surface area contributed by atoms with E-state index < -0.39 is 0 Å². The zero-order valence-corrected chi connectivity index (χ0v) is 6.49. The fourth-order valence-corrected chi connectivity index (χ4v) is 1.41. The Morgan fingerprint density at radius 1 is 1.67 bits per heavy atom. The van der Waals surface area contributed by atoms with E-state index in [2.05, 4.69) is 6.92 Å². The molecular weight excluding hydrogens is 132 g/mol. The molecule has 9 heavy (non-hydrogen) atoms. The summed E-state index contributed by atoms with van der Waals surface area (Å²) in [6, 6.07) is 0. The average molecular weight is 144 g/mol. The number of hydrogen-bond donors (Lipinski definition) is 0. The van der Waals surface area contributed by atoms with Gasteiger partial charge in [0.15, 0.2) is 0 Å². The molecule has 0 radical (unpaired) electrons. The predicted octanol–water partition coefficient (Wildman–Crippen LogP) is 2.39. The van der Waals surface area contributed by atoms with Gasteiger partial charge in [0.25, 0.3) is 0 Å². The van der Waals surface area contributed by atoms with E-state index in [-0.39, 0.29) is 0 Å². The van der Waals surface area contributed by atoms with Crippen LogP contribution in [0, 0.1) is 0 Å². The van der Waals surface area contributed by atoms with E-state index in [1.54, 1.807) is 6.26 Å². The highest BCUT2D eigenvalue weighted by molar-refractivity contribution is 8.02. The van der Waals surface area contributed by atoms with Crippen molar-refractivity contribution >= 4 is 11.8 Å². The van der Waals surface area contributed by atoms with Crippen LogP contribution in [-0.2, 0) is 4.74 Å². The van der Waals surface area contributed by atoms with Crippen LogP contribution in [0.2, 0.25) is 0 Å². The maximum absolute atomic E-state index is 5.28. The second kappa shape index (κ2) is 3.83. The van der Waals surface area contributed by atoms with Gasteiger partial charge in [0.2, 0.25) is 0 Å². The molecule has 1 aliphatic rings. The molecule has 1 aliphatic heterocycles. The van der Waals surface area contributed by atoms with Crippen LogP contribution in [0.4, 0.5) is 0 Å². The molecule has 0 N–H and O–H groups in total. The Hall–Kier alpha value is -0.110. The minimum atomic E-state index is 0.419. The van der Waals surface area contributed by atoms with Crippen molar-refractivity contribution in [1.82, 2.24) is 0 Å². The number of hydrogen-bond acceptors (Lipinski definition) is 2. The van der Waals surface area contributed by atoms with Crippen LogP contribution < -0.4 is 0 Å². The summed E-state index contributed by atoms with van der Waals surface area (Å²) in [5.41, 5.74) is 0. The van der Waals surface area contributed by atoms with Crippen LogP contribution in [0.25, 0.3) is 0 Å². The molecule has 2 heteroatoms. The first kappa shape index (κ1) is 7.00. The van der Waals surface area contributed by atoms with Crippen molar-refractivity contribution in [2.24, 2.45) is 0 Å². The molecule has 1 rings (SSSR count). The van der Waals surface area contributed by atoms with Gasteiger partial charge >= 0.3 is 0 Å². The van der Waals surface area contributed by atoms with E-state index in [1.165, 1.54) is 18.6 Å². The van der Waals surface area contributed by atoms with Crippen molar-refractivity contribution in [2.45, 2.75) is 25.9 Å². The zero-order valence-electron chi connectivity index (χ0n) is 5.67. The van der Waals surface area contributed by atoms with Crippen molar-refractivity contribution in [3.05, 3.63) is 11.7 Å². The molecule has 0 aliphatic carbocycles. The Morgan fingerprint density at radius 3 is 3.44 bits per heavy atom. The van der Waals surface area contributed by atoms with E-state index in [9.17, 15) is 0 Å². The number of rotatable bonds is 0. The van der Waals surface area contributed by atoms with Gasteiger partial charge in [-0.25, -0.2) is 0 Å². The van der Waals surface area contributed by atoms with Gasteiger partial charge in [-0.15, -0.1) is 11.8 Å². The second-order valence-corrected chi connectivity index (χ2v) is 3.25. The summed E-state index contributed by atoms with van der Waals surface area (Å²) >= 11 is 1.83. The Morgan fingerprint density at radius 2 is 2.56 bits per heavy atom. The standard InChI is InChI=1S/C7H12OS/c1-7-3-2-5-9-6-4-8-7/h4,6-7H,2-3,5H2,1H3/b6-4-. The van der Waals surface area contributed by atoms with Crippen molar-refractivity contribution in [3.63, 3.8) is 0 Å². The van der Waals surface area contributed by atoms with Crippen LogP contribution >= 0.6 is 11.8 Å². The summed E-state index contributed by atoms with van der Waals surface area (Å²) < 4.78 is 5.28. The Bertz CT molecular complexity index is 101. The van der Waals surface area contributed by atoms with Crippen LogP contribution in [0.5, 0.6) is 0 Å². The summed E-state index contributed by atoms with van der Waals surface area (Å²) in [4.78, 5) is 0. The van der Waals surface area contributed by atoms with Crippen molar-refractivity contribution in [1.29, 1.82) is 0 Å². The molecule has 1 nitrogen and oxygen atoms in total. The first-order chi connectivity index (χ1) is 4.39. The van der Waals surface area contributed by atoms with Crippen LogP contribution in [0.15, 0.2) is 11.7 Å². The molecule has 0 bridgehead atoms. The Labute approximate surface area is 60.5 Å². The van der Waals surface area contributed by atoms with Gasteiger partial charge in [-0.1, -0.05) is 0 Å². The lowest BCUT2D eigenvalue weighted by atomic mass is 10.2. The summed E-state index contributed by atoms with van der Waals surface area (Å²) in [7, 11) is 0. The fraction of sp³-hybridized carbons (Fsp3) is 0.714. The summed E-state index contributed by atoms with van der Waals surface area (Å²) in [5, 5.41) is 2.02. The Kier molecular flexibility index (Phi) is 2.98. The molecule has 0 aromatic rings. The van der Waals surface area contributed by atoms with Gasteiger partial charge in [-0.05, 0) is 25.5 Å². The molecular formula is C7H12OS. The quantitative estimate of drug-likeness (QED) is 0.516. The molecule has 52 valence electrons. The van der Waals surface area contributed by atoms with Gasteiger partial charge in [0.05, 0.1) is 12.4 Å². The molecule has 1 heterocycles. The Balaban J connectivity index is 2.28. The normalized spacial score (nSPS) is 31.9. The maximum Gasteiger partial charge on any atom is 0.0951 e. The molecule has 0 saturated carbocycles. The maximum atomic E-state index is 5.28. The van der Waals surface area contributed by atoms with Crippen molar-refractivity contribution in [2.75, 3.05) is 5.75 Å². The molecule has 0 saturated heterocycles. The van der Waals surface area contributed by atoms with Crippen LogP contribution in [0.3, 0.4) is 0 Å².